The lowest BCUT2D eigenvalue weighted by molar-refractivity contribution is 0.000174. The van der Waals surface area contributed by atoms with Gasteiger partial charge in [0.1, 0.15) is 0 Å². The Hall–Kier alpha value is -0.120. The highest BCUT2D eigenvalue weighted by molar-refractivity contribution is 4.66. The molecule has 6 unspecified atom stereocenters. The maximum atomic E-state index is 5.39. The molecule has 0 aromatic rings. The molecule has 1 aliphatic carbocycles. The van der Waals surface area contributed by atoms with E-state index in [0.29, 0.717) is 18.3 Å². The Bertz CT molecular complexity index is 288. The van der Waals surface area contributed by atoms with E-state index in [2.05, 4.69) is 55.4 Å². The van der Waals surface area contributed by atoms with E-state index in [1.54, 1.807) is 0 Å². The van der Waals surface area contributed by atoms with Crippen LogP contribution in [0.1, 0.15) is 120 Å². The van der Waals surface area contributed by atoms with Crippen molar-refractivity contribution in [1.82, 2.24) is 0 Å². The molecule has 4 aliphatic rings. The minimum Gasteiger partial charge on any atom is -0.378 e. The van der Waals surface area contributed by atoms with Gasteiger partial charge in [0, 0.05) is 19.8 Å². The third-order valence-corrected chi connectivity index (χ3v) is 7.50. The van der Waals surface area contributed by atoms with Gasteiger partial charge in [0.25, 0.3) is 0 Å². The molecule has 0 aromatic heterocycles. The first-order chi connectivity index (χ1) is 15.2. The van der Waals surface area contributed by atoms with Crippen LogP contribution in [-0.2, 0) is 14.2 Å². The lowest BCUT2D eigenvalue weighted by atomic mass is 9.84. The van der Waals surface area contributed by atoms with Crippen molar-refractivity contribution >= 4 is 0 Å². The summed E-state index contributed by atoms with van der Waals surface area (Å²) in [7, 11) is 0. The fourth-order valence-corrected chi connectivity index (χ4v) is 4.47. The number of hydrogen-bond acceptors (Lipinski definition) is 3. The van der Waals surface area contributed by atoms with Crippen molar-refractivity contribution in [3.8, 4) is 0 Å². The topological polar surface area (TPSA) is 27.7 Å². The summed E-state index contributed by atoms with van der Waals surface area (Å²) in [6, 6.07) is 0. The van der Waals surface area contributed by atoms with Crippen molar-refractivity contribution in [2.75, 3.05) is 19.8 Å². The highest BCUT2D eigenvalue weighted by Gasteiger charge is 2.15. The fourth-order valence-electron chi connectivity index (χ4n) is 4.47. The van der Waals surface area contributed by atoms with Gasteiger partial charge in [0.15, 0.2) is 0 Å². The van der Waals surface area contributed by atoms with Crippen LogP contribution in [0.15, 0.2) is 0 Å². The van der Waals surface area contributed by atoms with Crippen molar-refractivity contribution in [2.24, 2.45) is 29.6 Å². The molecule has 32 heavy (non-hydrogen) atoms. The van der Waals surface area contributed by atoms with E-state index in [-0.39, 0.29) is 0 Å². The van der Waals surface area contributed by atoms with Gasteiger partial charge in [-0.25, -0.2) is 0 Å². The van der Waals surface area contributed by atoms with Crippen LogP contribution < -0.4 is 0 Å². The van der Waals surface area contributed by atoms with Gasteiger partial charge in [-0.1, -0.05) is 60.3 Å². The fraction of sp³-hybridized carbons (Fsp3) is 1.00. The molecule has 0 spiro atoms. The number of ether oxygens (including phenoxy) is 3. The minimum absolute atomic E-state index is 0.520. The first-order valence-corrected chi connectivity index (χ1v) is 14.0. The normalized spacial score (nSPS) is 39.8. The summed E-state index contributed by atoms with van der Waals surface area (Å²) in [5, 5.41) is 0. The summed E-state index contributed by atoms with van der Waals surface area (Å²) in [4.78, 5) is 0. The van der Waals surface area contributed by atoms with Gasteiger partial charge in [-0.3, -0.25) is 0 Å². The quantitative estimate of drug-likeness (QED) is 0.368. The Morgan fingerprint density at radius 3 is 0.688 bits per heavy atom. The van der Waals surface area contributed by atoms with E-state index in [1.807, 2.05) is 0 Å². The highest BCUT2D eigenvalue weighted by atomic mass is 16.5. The largest absolute Gasteiger partial charge is 0.378 e. The molecule has 4 rings (SSSR count). The van der Waals surface area contributed by atoms with Crippen LogP contribution in [0.2, 0.25) is 0 Å². The van der Waals surface area contributed by atoms with Gasteiger partial charge >= 0.3 is 0 Å². The lowest BCUT2D eigenvalue weighted by Gasteiger charge is -2.23. The second-order valence-electron chi connectivity index (χ2n) is 11.8. The zero-order chi connectivity index (χ0) is 23.9. The van der Waals surface area contributed by atoms with Gasteiger partial charge in [-0.15, -0.1) is 0 Å². The van der Waals surface area contributed by atoms with Crippen LogP contribution in [-0.4, -0.2) is 38.1 Å². The van der Waals surface area contributed by atoms with E-state index in [4.69, 9.17) is 14.2 Å². The molecule has 0 N–H and O–H groups in total. The van der Waals surface area contributed by atoms with Crippen LogP contribution in [0, 0.1) is 29.6 Å². The summed E-state index contributed by atoms with van der Waals surface area (Å²) in [5.41, 5.74) is 0. The maximum absolute atomic E-state index is 5.39. The van der Waals surface area contributed by atoms with Crippen molar-refractivity contribution in [2.45, 2.75) is 138 Å². The summed E-state index contributed by atoms with van der Waals surface area (Å²) >= 11 is 0. The predicted octanol–water partition coefficient (Wildman–Crippen LogP) is 8.30. The molecule has 4 fully saturated rings. The Labute approximate surface area is 201 Å². The molecular formula is C29H58O3. The molecule has 0 amide bonds. The summed E-state index contributed by atoms with van der Waals surface area (Å²) in [5.74, 6) is 4.43. The molecule has 0 bridgehead atoms. The first kappa shape index (κ1) is 29.9. The zero-order valence-electron chi connectivity index (χ0n) is 23.0. The molecule has 3 saturated heterocycles. The molecule has 3 aliphatic heterocycles. The molecule has 0 radical (unpaired) electrons. The first-order valence-electron chi connectivity index (χ1n) is 14.0. The summed E-state index contributed by atoms with van der Waals surface area (Å²) < 4.78 is 16.2. The van der Waals surface area contributed by atoms with Crippen molar-refractivity contribution in [3.05, 3.63) is 0 Å². The SMILES string of the molecule is CC1CCC(C)CC1.CC1CCC(C)OC1.CC1CCC(C)OC1.CC1CCC(C)OC1. The second kappa shape index (κ2) is 17.3. The van der Waals surface area contributed by atoms with E-state index in [9.17, 15) is 0 Å². The molecule has 192 valence electrons. The zero-order valence-corrected chi connectivity index (χ0v) is 23.0. The van der Waals surface area contributed by atoms with E-state index < -0.39 is 0 Å². The third-order valence-electron chi connectivity index (χ3n) is 7.50. The number of hydrogen-bond donors (Lipinski definition) is 0. The third kappa shape index (κ3) is 15.7. The average molecular weight is 455 g/mol. The molecule has 3 nitrogen and oxygen atoms in total. The summed E-state index contributed by atoms with van der Waals surface area (Å²) in [6.07, 6.45) is 15.3. The standard InChI is InChI=1S/C8H16.3C7H14O/c1-7-3-5-8(2)6-4-7;3*1-6-3-4-7(2)8-5-6/h7-8H,3-6H2,1-2H3;3*6-7H,3-5H2,1-2H3. The molecule has 3 heteroatoms. The maximum Gasteiger partial charge on any atom is 0.0547 e. The number of rotatable bonds is 0. The van der Waals surface area contributed by atoms with Gasteiger partial charge in [-0.05, 0) is 88.9 Å². The van der Waals surface area contributed by atoms with Crippen molar-refractivity contribution in [1.29, 1.82) is 0 Å². The van der Waals surface area contributed by atoms with E-state index in [0.717, 1.165) is 49.4 Å². The van der Waals surface area contributed by atoms with Gasteiger partial charge < -0.3 is 14.2 Å². The van der Waals surface area contributed by atoms with E-state index in [1.165, 1.54) is 64.2 Å². The highest BCUT2D eigenvalue weighted by Crippen LogP contribution is 2.27. The van der Waals surface area contributed by atoms with Crippen molar-refractivity contribution in [3.63, 3.8) is 0 Å². The van der Waals surface area contributed by atoms with Crippen LogP contribution in [0.5, 0.6) is 0 Å². The van der Waals surface area contributed by atoms with Crippen LogP contribution >= 0.6 is 0 Å². The molecule has 6 atom stereocenters. The van der Waals surface area contributed by atoms with Crippen molar-refractivity contribution < 1.29 is 14.2 Å². The Morgan fingerprint density at radius 1 is 0.312 bits per heavy atom. The summed E-state index contributed by atoms with van der Waals surface area (Å²) in [6.45, 7) is 20.8. The minimum atomic E-state index is 0.520. The Balaban J connectivity index is 0.000000213. The van der Waals surface area contributed by atoms with Gasteiger partial charge in [-0.2, -0.15) is 0 Å². The predicted molar refractivity (Wildman–Crippen MR) is 138 cm³/mol. The Morgan fingerprint density at radius 2 is 0.531 bits per heavy atom. The van der Waals surface area contributed by atoms with Crippen LogP contribution in [0.25, 0.3) is 0 Å². The molecule has 0 aromatic carbocycles. The smallest absolute Gasteiger partial charge is 0.0547 e. The monoisotopic (exact) mass is 454 g/mol. The van der Waals surface area contributed by atoms with Crippen LogP contribution in [0.3, 0.4) is 0 Å². The molecule has 3 heterocycles. The molecular weight excluding hydrogens is 396 g/mol. The molecule has 1 saturated carbocycles. The van der Waals surface area contributed by atoms with Crippen LogP contribution in [0.4, 0.5) is 0 Å². The van der Waals surface area contributed by atoms with Gasteiger partial charge in [0.2, 0.25) is 0 Å². The second-order valence-corrected chi connectivity index (χ2v) is 11.8. The Kier molecular flexibility index (Phi) is 16.2. The average Bonchev–Trinajstić information content (AvgIpc) is 2.78. The lowest BCUT2D eigenvalue weighted by Crippen LogP contribution is -2.21. The van der Waals surface area contributed by atoms with Gasteiger partial charge in [0.05, 0.1) is 18.3 Å². The van der Waals surface area contributed by atoms with E-state index >= 15 is 0 Å².